The molecule has 0 saturated carbocycles. The van der Waals surface area contributed by atoms with Gasteiger partial charge in [-0.1, -0.05) is 42.5 Å². The Morgan fingerprint density at radius 3 is 2.40 bits per heavy atom. The molecule has 3 atom stereocenters. The van der Waals surface area contributed by atoms with E-state index in [1.54, 1.807) is 12.2 Å². The van der Waals surface area contributed by atoms with E-state index < -0.39 is 40.7 Å². The number of aliphatic hydroxyl groups excluding tert-OH is 1. The highest BCUT2D eigenvalue weighted by atomic mass is 32.2. The zero-order valence-electron chi connectivity index (χ0n) is 19.4. The number of sulfonamides is 1. The third-order valence-corrected chi connectivity index (χ3v) is 8.06. The fourth-order valence-electron chi connectivity index (χ4n) is 4.61. The summed E-state index contributed by atoms with van der Waals surface area (Å²) in [5.41, 5.74) is 1.32. The quantitative estimate of drug-likeness (QED) is 0.541. The van der Waals surface area contributed by atoms with Gasteiger partial charge in [0.25, 0.3) is 0 Å². The number of ether oxygens (including phenoxy) is 1. The molecule has 2 aromatic rings. The highest BCUT2D eigenvalue weighted by Crippen LogP contribution is 2.24. The molecule has 2 N–H and O–H groups in total. The van der Waals surface area contributed by atoms with Gasteiger partial charge in [0.1, 0.15) is 11.9 Å². The molecule has 0 unspecified atom stereocenters. The molecule has 0 spiro atoms. The van der Waals surface area contributed by atoms with E-state index in [0.717, 1.165) is 31.4 Å². The first-order valence-electron chi connectivity index (χ1n) is 11.9. The minimum absolute atomic E-state index is 0.0140. The molecule has 7 nitrogen and oxygen atoms in total. The highest BCUT2D eigenvalue weighted by molar-refractivity contribution is 7.89. The van der Waals surface area contributed by atoms with Crippen LogP contribution in [0.3, 0.4) is 0 Å². The lowest BCUT2D eigenvalue weighted by molar-refractivity contribution is -0.136. The second-order valence-corrected chi connectivity index (χ2v) is 10.8. The Balaban J connectivity index is 1.29. The monoisotopic (exact) mass is 502 g/mol. The maximum atomic E-state index is 13.1. The van der Waals surface area contributed by atoms with E-state index >= 15 is 0 Å². The van der Waals surface area contributed by atoms with Gasteiger partial charge >= 0.3 is 0 Å². The van der Waals surface area contributed by atoms with Crippen LogP contribution in [0.5, 0.6) is 0 Å². The van der Waals surface area contributed by atoms with Crippen LogP contribution >= 0.6 is 0 Å². The van der Waals surface area contributed by atoms with Crippen LogP contribution in [0.25, 0.3) is 0 Å². The van der Waals surface area contributed by atoms with Crippen molar-refractivity contribution >= 4 is 15.9 Å². The first-order chi connectivity index (χ1) is 16.8. The summed E-state index contributed by atoms with van der Waals surface area (Å²) in [6.07, 6.45) is 4.93. The number of nitrogens with one attached hydrogen (secondary N) is 1. The molecule has 2 aromatic carbocycles. The van der Waals surface area contributed by atoms with E-state index in [0.29, 0.717) is 19.0 Å². The Bertz CT molecular complexity index is 1120. The van der Waals surface area contributed by atoms with E-state index in [1.807, 2.05) is 23.1 Å². The molecular weight excluding hydrogens is 471 g/mol. The number of carbonyl (C=O) groups excluding carboxylic acids is 1. The van der Waals surface area contributed by atoms with Crippen molar-refractivity contribution in [2.24, 2.45) is 5.92 Å². The van der Waals surface area contributed by atoms with Gasteiger partial charge in [0, 0.05) is 13.1 Å². The van der Waals surface area contributed by atoms with Crippen LogP contribution in [-0.4, -0.2) is 62.3 Å². The molecule has 1 saturated heterocycles. The largest absolute Gasteiger partial charge is 0.394 e. The minimum atomic E-state index is -3.94. The number of hydrogen-bond acceptors (Lipinski definition) is 5. The van der Waals surface area contributed by atoms with Crippen molar-refractivity contribution in [3.63, 3.8) is 0 Å². The number of nitrogens with zero attached hydrogens (tertiary/aromatic N) is 1. The average Bonchev–Trinajstić information content (AvgIpc) is 2.86. The normalized spacial score (nSPS) is 23.4. The van der Waals surface area contributed by atoms with Crippen LogP contribution in [-0.2, 0) is 26.0 Å². The number of amides is 1. The molecule has 188 valence electrons. The Labute approximate surface area is 205 Å². The molecule has 1 fully saturated rings. The Morgan fingerprint density at radius 2 is 1.74 bits per heavy atom. The van der Waals surface area contributed by atoms with Crippen molar-refractivity contribution in [2.75, 3.05) is 19.7 Å². The summed E-state index contributed by atoms with van der Waals surface area (Å²) in [4.78, 5) is 14.6. The maximum absolute atomic E-state index is 13.1. The van der Waals surface area contributed by atoms with Gasteiger partial charge in [0.15, 0.2) is 0 Å². The smallest absolute Gasteiger partial charge is 0.241 e. The fourth-order valence-corrected chi connectivity index (χ4v) is 5.83. The van der Waals surface area contributed by atoms with Gasteiger partial charge in [-0.05, 0) is 55.0 Å². The number of halogens is 1. The molecule has 9 heteroatoms. The molecule has 4 rings (SSSR count). The number of aliphatic hydroxyl groups is 1. The van der Waals surface area contributed by atoms with Gasteiger partial charge in [-0.3, -0.25) is 4.79 Å². The predicted molar refractivity (Wildman–Crippen MR) is 129 cm³/mol. The summed E-state index contributed by atoms with van der Waals surface area (Å²) in [6, 6.07) is 14.0. The lowest BCUT2D eigenvalue weighted by Crippen LogP contribution is -2.49. The zero-order chi connectivity index (χ0) is 24.8. The molecule has 35 heavy (non-hydrogen) atoms. The number of piperidine rings is 1. The lowest BCUT2D eigenvalue weighted by atomic mass is 9.90. The highest BCUT2D eigenvalue weighted by Gasteiger charge is 2.32. The molecule has 2 aliphatic rings. The van der Waals surface area contributed by atoms with E-state index in [4.69, 9.17) is 4.74 Å². The lowest BCUT2D eigenvalue weighted by Gasteiger charge is -2.35. The summed E-state index contributed by atoms with van der Waals surface area (Å²) < 4.78 is 46.7. The minimum Gasteiger partial charge on any atom is -0.394 e. The van der Waals surface area contributed by atoms with Crippen LogP contribution in [0.2, 0.25) is 0 Å². The van der Waals surface area contributed by atoms with Crippen LogP contribution in [0.4, 0.5) is 4.39 Å². The van der Waals surface area contributed by atoms with Gasteiger partial charge in [0.05, 0.1) is 30.1 Å². The number of rotatable bonds is 8. The summed E-state index contributed by atoms with van der Waals surface area (Å²) >= 11 is 0. The maximum Gasteiger partial charge on any atom is 0.241 e. The van der Waals surface area contributed by atoms with Gasteiger partial charge < -0.3 is 14.7 Å². The van der Waals surface area contributed by atoms with Crippen LogP contribution in [0.1, 0.15) is 24.8 Å². The number of hydrogen-bond donors (Lipinski definition) is 2. The first kappa shape index (κ1) is 25.5. The van der Waals surface area contributed by atoms with E-state index in [1.165, 1.54) is 17.7 Å². The second-order valence-electron chi connectivity index (χ2n) is 9.10. The van der Waals surface area contributed by atoms with E-state index in [9.17, 15) is 22.7 Å². The molecule has 0 radical (unpaired) electrons. The Morgan fingerprint density at radius 1 is 1.06 bits per heavy atom. The third-order valence-electron chi connectivity index (χ3n) is 6.59. The van der Waals surface area contributed by atoms with Gasteiger partial charge in [-0.25, -0.2) is 17.5 Å². The average molecular weight is 503 g/mol. The summed E-state index contributed by atoms with van der Waals surface area (Å²) in [6.45, 7) is 0.989. The molecule has 0 aromatic heterocycles. The third kappa shape index (κ3) is 6.76. The van der Waals surface area contributed by atoms with Crippen molar-refractivity contribution in [1.82, 2.24) is 9.62 Å². The Kier molecular flexibility index (Phi) is 8.33. The topological polar surface area (TPSA) is 95.9 Å². The van der Waals surface area contributed by atoms with Crippen LogP contribution in [0.15, 0.2) is 71.6 Å². The predicted octanol–water partition coefficient (Wildman–Crippen LogP) is 2.66. The van der Waals surface area contributed by atoms with Crippen LogP contribution < -0.4 is 4.72 Å². The van der Waals surface area contributed by atoms with Crippen molar-refractivity contribution in [3.05, 3.63) is 78.1 Å². The van der Waals surface area contributed by atoms with Gasteiger partial charge in [0.2, 0.25) is 15.9 Å². The van der Waals surface area contributed by atoms with Crippen molar-refractivity contribution < 1.29 is 27.4 Å². The summed E-state index contributed by atoms with van der Waals surface area (Å²) in [7, 11) is -3.94. The number of benzene rings is 2. The van der Waals surface area contributed by atoms with E-state index in [-0.39, 0.29) is 17.2 Å². The fraction of sp³-hybridized carbons (Fsp3) is 0.423. The summed E-state index contributed by atoms with van der Waals surface area (Å²) in [5, 5.41) is 9.78. The standard InChI is InChI=1S/C26H31FN2O5S/c27-21-6-9-23(10-7-21)35(32,33)28-24-11-8-22(34-25(24)18-30)17-26(31)29-14-12-20(13-15-29)16-19-4-2-1-3-5-19/h1-11,20,22,24-25,28,30H,12-18H2/t22-,24+,25-/m0/s1. The molecule has 1 amide bonds. The zero-order valence-corrected chi connectivity index (χ0v) is 20.2. The van der Waals surface area contributed by atoms with Gasteiger partial charge in [-0.2, -0.15) is 0 Å². The molecule has 0 aliphatic carbocycles. The van der Waals surface area contributed by atoms with Gasteiger partial charge in [-0.15, -0.1) is 0 Å². The molecule has 2 heterocycles. The van der Waals surface area contributed by atoms with Crippen molar-refractivity contribution in [1.29, 1.82) is 0 Å². The molecule has 0 bridgehead atoms. The molecule has 2 aliphatic heterocycles. The van der Waals surface area contributed by atoms with Crippen LogP contribution in [0, 0.1) is 11.7 Å². The Hall–Kier alpha value is -2.59. The van der Waals surface area contributed by atoms with Crippen molar-refractivity contribution in [2.45, 2.75) is 48.8 Å². The number of likely N-dealkylation sites (tertiary alicyclic amines) is 1. The number of carbonyl (C=O) groups is 1. The SMILES string of the molecule is O=C(C[C@@H]1C=C[C@@H](NS(=O)(=O)c2ccc(F)cc2)[C@H](CO)O1)N1CCC(Cc2ccccc2)CC1. The second kappa shape index (κ2) is 11.4. The first-order valence-corrected chi connectivity index (χ1v) is 13.4. The van der Waals surface area contributed by atoms with E-state index in [2.05, 4.69) is 16.9 Å². The molecular formula is C26H31FN2O5S. The summed E-state index contributed by atoms with van der Waals surface area (Å²) in [5.74, 6) is 0.00629. The van der Waals surface area contributed by atoms with Crippen molar-refractivity contribution in [3.8, 4) is 0 Å².